The van der Waals surface area contributed by atoms with Crippen LogP contribution in [0.25, 0.3) is 0 Å². The number of methoxy groups -OCH3 is 1. The van der Waals surface area contributed by atoms with Crippen LogP contribution in [0, 0.1) is 6.92 Å². The van der Waals surface area contributed by atoms with Gasteiger partial charge in [-0.3, -0.25) is 14.7 Å². The lowest BCUT2D eigenvalue weighted by Gasteiger charge is -2.17. The summed E-state index contributed by atoms with van der Waals surface area (Å²) in [5.41, 5.74) is 1.59. The van der Waals surface area contributed by atoms with E-state index in [1.807, 2.05) is 25.1 Å². The lowest BCUT2D eigenvalue weighted by atomic mass is 10.1. The molecule has 0 fully saturated rings. The van der Waals surface area contributed by atoms with E-state index in [2.05, 4.69) is 9.88 Å². The largest absolute Gasteiger partial charge is 0.488 e. The maximum absolute atomic E-state index is 12.9. The molecule has 3 aromatic heterocycles. The van der Waals surface area contributed by atoms with Crippen LogP contribution >= 0.6 is 0 Å². The molecule has 0 spiro atoms. The first kappa shape index (κ1) is 20.9. The fraction of sp³-hybridized carbons (Fsp3) is 0.348. The highest BCUT2D eigenvalue weighted by atomic mass is 16.5. The molecule has 4 rings (SSSR count). The first-order valence-corrected chi connectivity index (χ1v) is 10.2. The Morgan fingerprint density at radius 3 is 2.81 bits per heavy atom. The SMILES string of the molecule is COC(=O)c1c(OCc2cccnc2)cc(=O)n2c1CCN(Cc1ccc(C)o1)CC2. The molecule has 8 nitrogen and oxygen atoms in total. The summed E-state index contributed by atoms with van der Waals surface area (Å²) in [5, 5.41) is 0. The third kappa shape index (κ3) is 4.69. The number of esters is 1. The van der Waals surface area contributed by atoms with Gasteiger partial charge in [0.05, 0.1) is 13.7 Å². The lowest BCUT2D eigenvalue weighted by molar-refractivity contribution is 0.0592. The van der Waals surface area contributed by atoms with Crippen molar-refractivity contribution in [2.45, 2.75) is 33.0 Å². The van der Waals surface area contributed by atoms with Gasteiger partial charge in [0.1, 0.15) is 29.4 Å². The van der Waals surface area contributed by atoms with Gasteiger partial charge < -0.3 is 18.5 Å². The number of furan rings is 1. The minimum atomic E-state index is -0.514. The molecule has 4 heterocycles. The maximum Gasteiger partial charge on any atom is 0.343 e. The molecule has 0 atom stereocenters. The molecule has 1 aliphatic rings. The minimum absolute atomic E-state index is 0.195. The van der Waals surface area contributed by atoms with E-state index >= 15 is 0 Å². The van der Waals surface area contributed by atoms with Crippen molar-refractivity contribution in [1.82, 2.24) is 14.5 Å². The van der Waals surface area contributed by atoms with E-state index in [1.165, 1.54) is 13.2 Å². The van der Waals surface area contributed by atoms with Crippen LogP contribution in [-0.4, -0.2) is 40.6 Å². The summed E-state index contributed by atoms with van der Waals surface area (Å²) in [6.45, 7) is 4.58. The van der Waals surface area contributed by atoms with Gasteiger partial charge in [0.2, 0.25) is 0 Å². The second kappa shape index (κ2) is 9.18. The molecule has 8 heteroatoms. The molecule has 0 saturated carbocycles. The molecular formula is C23H25N3O5. The quantitative estimate of drug-likeness (QED) is 0.563. The molecule has 0 N–H and O–H groups in total. The van der Waals surface area contributed by atoms with Crippen molar-refractivity contribution < 1.29 is 18.7 Å². The summed E-state index contributed by atoms with van der Waals surface area (Å²) in [4.78, 5) is 31.8. The first-order valence-electron chi connectivity index (χ1n) is 10.2. The van der Waals surface area contributed by atoms with Crippen molar-refractivity contribution in [2.75, 3.05) is 20.2 Å². The molecule has 0 amide bonds. The predicted molar refractivity (Wildman–Crippen MR) is 113 cm³/mol. The maximum atomic E-state index is 12.9. The van der Waals surface area contributed by atoms with Gasteiger partial charge in [-0.05, 0) is 25.1 Å². The number of hydrogen-bond acceptors (Lipinski definition) is 7. The smallest absolute Gasteiger partial charge is 0.343 e. The Morgan fingerprint density at radius 1 is 1.23 bits per heavy atom. The number of pyridine rings is 2. The highest BCUT2D eigenvalue weighted by Crippen LogP contribution is 2.25. The van der Waals surface area contributed by atoms with Gasteiger partial charge in [-0.1, -0.05) is 6.07 Å². The van der Waals surface area contributed by atoms with E-state index in [1.54, 1.807) is 23.0 Å². The predicted octanol–water partition coefficient (Wildman–Crippen LogP) is 2.57. The highest BCUT2D eigenvalue weighted by Gasteiger charge is 2.26. The van der Waals surface area contributed by atoms with Crippen molar-refractivity contribution >= 4 is 5.97 Å². The molecule has 162 valence electrons. The average molecular weight is 423 g/mol. The lowest BCUT2D eigenvalue weighted by Crippen LogP contribution is -2.29. The number of hydrogen-bond donors (Lipinski definition) is 0. The van der Waals surface area contributed by atoms with Gasteiger partial charge in [0.15, 0.2) is 0 Å². The van der Waals surface area contributed by atoms with Crippen molar-refractivity contribution in [1.29, 1.82) is 0 Å². The van der Waals surface area contributed by atoms with E-state index in [-0.39, 0.29) is 17.9 Å². The Bertz CT molecular complexity index is 1120. The van der Waals surface area contributed by atoms with Crippen LogP contribution in [0.3, 0.4) is 0 Å². The summed E-state index contributed by atoms with van der Waals surface area (Å²) >= 11 is 0. The van der Waals surface area contributed by atoms with Gasteiger partial charge in [0, 0.05) is 55.8 Å². The molecule has 0 unspecified atom stereocenters. The Kier molecular flexibility index (Phi) is 6.18. The van der Waals surface area contributed by atoms with Crippen LogP contribution in [0.5, 0.6) is 5.75 Å². The van der Waals surface area contributed by atoms with E-state index in [0.717, 1.165) is 17.1 Å². The van der Waals surface area contributed by atoms with Crippen molar-refractivity contribution in [2.24, 2.45) is 0 Å². The van der Waals surface area contributed by atoms with Crippen molar-refractivity contribution in [3.63, 3.8) is 0 Å². The summed E-state index contributed by atoms with van der Waals surface area (Å²) in [6.07, 6.45) is 3.87. The zero-order valence-corrected chi connectivity index (χ0v) is 17.7. The number of aryl methyl sites for hydroxylation is 1. The normalized spacial score (nSPS) is 14.0. The van der Waals surface area contributed by atoms with E-state index in [9.17, 15) is 9.59 Å². The van der Waals surface area contributed by atoms with Crippen molar-refractivity contribution in [3.05, 3.63) is 81.4 Å². The van der Waals surface area contributed by atoms with Crippen LogP contribution < -0.4 is 10.3 Å². The second-order valence-electron chi connectivity index (χ2n) is 7.50. The third-order valence-corrected chi connectivity index (χ3v) is 5.37. The summed E-state index contributed by atoms with van der Waals surface area (Å²) < 4.78 is 18.2. The number of rotatable bonds is 6. The van der Waals surface area contributed by atoms with Crippen molar-refractivity contribution in [3.8, 4) is 5.75 Å². The van der Waals surface area contributed by atoms with Crippen LogP contribution in [0.1, 0.15) is 33.1 Å². The number of ether oxygens (including phenoxy) is 2. The fourth-order valence-electron chi connectivity index (χ4n) is 3.82. The third-order valence-electron chi connectivity index (χ3n) is 5.37. The Labute approximate surface area is 180 Å². The van der Waals surface area contributed by atoms with Crippen LogP contribution in [0.2, 0.25) is 0 Å². The molecule has 0 saturated heterocycles. The summed E-state index contributed by atoms with van der Waals surface area (Å²) in [5.74, 6) is 1.47. The monoisotopic (exact) mass is 423 g/mol. The Balaban J connectivity index is 1.61. The molecule has 3 aromatic rings. The first-order chi connectivity index (χ1) is 15.0. The van der Waals surface area contributed by atoms with Gasteiger partial charge in [-0.2, -0.15) is 0 Å². The number of fused-ring (bicyclic) bond motifs is 1. The number of aromatic nitrogens is 2. The van der Waals surface area contributed by atoms with Crippen LogP contribution in [0.4, 0.5) is 0 Å². The minimum Gasteiger partial charge on any atom is -0.488 e. The Morgan fingerprint density at radius 2 is 2.10 bits per heavy atom. The highest BCUT2D eigenvalue weighted by molar-refractivity contribution is 5.93. The van der Waals surface area contributed by atoms with Gasteiger partial charge >= 0.3 is 5.97 Å². The molecule has 0 aliphatic carbocycles. The zero-order chi connectivity index (χ0) is 21.8. The molecule has 31 heavy (non-hydrogen) atoms. The molecule has 1 aliphatic heterocycles. The number of carbonyl (C=O) groups excluding carboxylic acids is 1. The molecule has 0 aromatic carbocycles. The average Bonchev–Trinajstić information content (AvgIpc) is 3.07. The zero-order valence-electron chi connectivity index (χ0n) is 17.7. The standard InChI is InChI=1S/C23H25N3O5/c1-16-5-6-18(31-16)14-25-9-7-19-22(23(28)29-2)20(12-21(27)26(19)11-10-25)30-15-17-4-3-8-24-13-17/h3-6,8,12-13H,7,9-11,14-15H2,1-2H3. The summed E-state index contributed by atoms with van der Waals surface area (Å²) in [7, 11) is 1.33. The number of carbonyl (C=O) groups is 1. The topological polar surface area (TPSA) is 86.8 Å². The second-order valence-corrected chi connectivity index (χ2v) is 7.50. The van der Waals surface area contributed by atoms with Gasteiger partial charge in [-0.15, -0.1) is 0 Å². The van der Waals surface area contributed by atoms with Gasteiger partial charge in [0.25, 0.3) is 5.56 Å². The molecule has 0 bridgehead atoms. The fourth-order valence-corrected chi connectivity index (χ4v) is 3.82. The van der Waals surface area contributed by atoms with E-state index in [0.29, 0.717) is 43.9 Å². The molecule has 0 radical (unpaired) electrons. The number of nitrogens with zero attached hydrogens (tertiary/aromatic N) is 3. The Hall–Kier alpha value is -3.39. The van der Waals surface area contributed by atoms with E-state index in [4.69, 9.17) is 13.9 Å². The van der Waals surface area contributed by atoms with Crippen LogP contribution in [0.15, 0.2) is 51.9 Å². The summed E-state index contributed by atoms with van der Waals surface area (Å²) in [6, 6.07) is 8.95. The van der Waals surface area contributed by atoms with Crippen LogP contribution in [-0.2, 0) is 30.9 Å². The molecular weight excluding hydrogens is 398 g/mol. The van der Waals surface area contributed by atoms with E-state index < -0.39 is 5.97 Å². The van der Waals surface area contributed by atoms with Gasteiger partial charge in [-0.25, -0.2) is 4.79 Å².